The molecule has 3 aromatic rings. The van der Waals surface area contributed by atoms with Crippen LogP contribution in [-0.4, -0.2) is 56.1 Å². The molecule has 1 aliphatic heterocycles. The Hall–Kier alpha value is -2.90. The molecule has 0 aliphatic carbocycles. The van der Waals surface area contributed by atoms with Gasteiger partial charge in [0.15, 0.2) is 0 Å². The van der Waals surface area contributed by atoms with Crippen LogP contribution in [0.25, 0.3) is 10.6 Å². The molecule has 4 rings (SSSR count). The van der Waals surface area contributed by atoms with E-state index >= 15 is 0 Å². The van der Waals surface area contributed by atoms with Crippen molar-refractivity contribution in [3.63, 3.8) is 0 Å². The molecule has 1 amide bonds. The molecular formula is C23H26N4O2S. The number of amides is 1. The summed E-state index contributed by atoms with van der Waals surface area (Å²) in [6, 6.07) is 15.7. The third-order valence-corrected chi connectivity index (χ3v) is 6.33. The van der Waals surface area contributed by atoms with Crippen molar-refractivity contribution in [3.05, 3.63) is 59.6 Å². The Kier molecular flexibility index (Phi) is 6.30. The van der Waals surface area contributed by atoms with Gasteiger partial charge < -0.3 is 19.9 Å². The summed E-state index contributed by atoms with van der Waals surface area (Å²) in [4.78, 5) is 23.7. The zero-order valence-electron chi connectivity index (χ0n) is 17.3. The zero-order chi connectivity index (χ0) is 20.9. The fraction of sp³-hybridized carbons (Fsp3) is 0.304. The summed E-state index contributed by atoms with van der Waals surface area (Å²) < 4.78 is 5.55. The molecule has 1 aromatic carbocycles. The highest BCUT2D eigenvalue weighted by Crippen LogP contribution is 2.32. The van der Waals surface area contributed by atoms with Crippen molar-refractivity contribution in [1.29, 1.82) is 0 Å². The molecular weight excluding hydrogens is 396 g/mol. The van der Waals surface area contributed by atoms with Gasteiger partial charge in [0.25, 0.3) is 0 Å². The minimum absolute atomic E-state index is 0.0288. The first-order valence-electron chi connectivity index (χ1n) is 10.0. The third kappa shape index (κ3) is 4.80. The minimum atomic E-state index is -0.0288. The lowest BCUT2D eigenvalue weighted by atomic mass is 10.2. The highest BCUT2D eigenvalue weighted by Gasteiger charge is 2.18. The molecule has 6 nitrogen and oxygen atoms in total. The lowest BCUT2D eigenvalue weighted by molar-refractivity contribution is -0.115. The number of anilines is 2. The number of pyridine rings is 1. The summed E-state index contributed by atoms with van der Waals surface area (Å²) in [5.41, 5.74) is 2.74. The van der Waals surface area contributed by atoms with Crippen molar-refractivity contribution in [3.8, 4) is 16.3 Å². The quantitative estimate of drug-likeness (QED) is 0.656. The van der Waals surface area contributed by atoms with Crippen molar-refractivity contribution >= 4 is 28.6 Å². The fourth-order valence-electron chi connectivity index (χ4n) is 3.54. The van der Waals surface area contributed by atoms with E-state index in [2.05, 4.69) is 27.1 Å². The number of ether oxygens (including phenoxy) is 1. The van der Waals surface area contributed by atoms with Gasteiger partial charge in [0.1, 0.15) is 5.75 Å². The molecule has 1 saturated heterocycles. The summed E-state index contributed by atoms with van der Waals surface area (Å²) >= 11 is 1.60. The predicted octanol–water partition coefficient (Wildman–Crippen LogP) is 3.75. The van der Waals surface area contributed by atoms with Crippen LogP contribution in [0, 0.1) is 0 Å². The molecule has 30 heavy (non-hydrogen) atoms. The number of thiophene rings is 1. The summed E-state index contributed by atoms with van der Waals surface area (Å²) in [5, 5.41) is 3.04. The summed E-state index contributed by atoms with van der Waals surface area (Å²) in [7, 11) is 3.82. The molecule has 1 N–H and O–H groups in total. The molecule has 0 radical (unpaired) electrons. The number of carbonyl (C=O) groups excluding carboxylic acids is 1. The van der Waals surface area contributed by atoms with Gasteiger partial charge in [-0.05, 0) is 49.5 Å². The molecule has 2 aromatic heterocycles. The number of hydrogen-bond donors (Lipinski definition) is 1. The van der Waals surface area contributed by atoms with Crippen LogP contribution in [0.15, 0.2) is 54.7 Å². The van der Waals surface area contributed by atoms with Crippen LogP contribution < -0.4 is 15.0 Å². The molecule has 156 valence electrons. The standard InChI is InChI=1S/C23H26N4O2S/c1-26-11-13-27(14-12-26)20-15-17(6-8-21(20)29-2)25-23(28)16-18-7-9-22(30-18)19-5-3-4-10-24-19/h3-10,15H,11-14,16H2,1-2H3,(H,25,28). The maximum absolute atomic E-state index is 12.6. The third-order valence-electron chi connectivity index (χ3n) is 5.22. The molecule has 0 saturated carbocycles. The Bertz CT molecular complexity index is 997. The Balaban J connectivity index is 1.43. The van der Waals surface area contributed by atoms with Gasteiger partial charge in [-0.25, -0.2) is 0 Å². The van der Waals surface area contributed by atoms with Crippen LogP contribution >= 0.6 is 11.3 Å². The molecule has 1 fully saturated rings. The van der Waals surface area contributed by atoms with E-state index in [1.165, 1.54) is 0 Å². The van der Waals surface area contributed by atoms with E-state index in [0.717, 1.165) is 58.8 Å². The SMILES string of the molecule is COc1ccc(NC(=O)Cc2ccc(-c3ccccn3)s2)cc1N1CCN(C)CC1. The smallest absolute Gasteiger partial charge is 0.229 e. The van der Waals surface area contributed by atoms with Crippen LogP contribution in [0.4, 0.5) is 11.4 Å². The number of piperazine rings is 1. The molecule has 7 heteroatoms. The van der Waals surface area contributed by atoms with Crippen molar-refractivity contribution < 1.29 is 9.53 Å². The van der Waals surface area contributed by atoms with Crippen LogP contribution in [0.5, 0.6) is 5.75 Å². The normalized spacial score (nSPS) is 14.5. The second-order valence-electron chi connectivity index (χ2n) is 7.38. The number of aromatic nitrogens is 1. The Morgan fingerprint density at radius 1 is 1.13 bits per heavy atom. The Morgan fingerprint density at radius 3 is 2.70 bits per heavy atom. The Morgan fingerprint density at radius 2 is 1.97 bits per heavy atom. The number of nitrogens with one attached hydrogen (secondary N) is 1. The van der Waals surface area contributed by atoms with Crippen molar-refractivity contribution in [2.24, 2.45) is 0 Å². The van der Waals surface area contributed by atoms with Crippen LogP contribution in [-0.2, 0) is 11.2 Å². The van der Waals surface area contributed by atoms with E-state index in [9.17, 15) is 4.79 Å². The van der Waals surface area contributed by atoms with Crippen LogP contribution in [0.3, 0.4) is 0 Å². The minimum Gasteiger partial charge on any atom is -0.495 e. The Labute approximate surface area is 181 Å². The number of likely N-dealkylation sites (N-methyl/N-ethyl adjacent to an activating group) is 1. The first-order chi connectivity index (χ1) is 14.6. The highest BCUT2D eigenvalue weighted by atomic mass is 32.1. The molecule has 0 atom stereocenters. The van der Waals surface area contributed by atoms with E-state index in [4.69, 9.17) is 4.74 Å². The lowest BCUT2D eigenvalue weighted by Gasteiger charge is -2.34. The van der Waals surface area contributed by atoms with Gasteiger partial charge in [-0.3, -0.25) is 9.78 Å². The molecule has 0 bridgehead atoms. The van der Waals surface area contributed by atoms with Gasteiger partial charge in [0.2, 0.25) is 5.91 Å². The first-order valence-corrected chi connectivity index (χ1v) is 10.9. The monoisotopic (exact) mass is 422 g/mol. The van der Waals surface area contributed by atoms with Crippen molar-refractivity contribution in [2.75, 3.05) is 50.6 Å². The van der Waals surface area contributed by atoms with Gasteiger partial charge in [-0.2, -0.15) is 0 Å². The number of rotatable bonds is 6. The molecule has 1 aliphatic rings. The molecule has 0 spiro atoms. The number of hydrogen-bond acceptors (Lipinski definition) is 6. The number of benzene rings is 1. The highest BCUT2D eigenvalue weighted by molar-refractivity contribution is 7.15. The second-order valence-corrected chi connectivity index (χ2v) is 8.55. The van der Waals surface area contributed by atoms with Gasteiger partial charge in [0.05, 0.1) is 29.8 Å². The zero-order valence-corrected chi connectivity index (χ0v) is 18.1. The lowest BCUT2D eigenvalue weighted by Crippen LogP contribution is -2.44. The maximum Gasteiger partial charge on any atom is 0.229 e. The van der Waals surface area contributed by atoms with Gasteiger partial charge in [0, 0.05) is 42.9 Å². The molecule has 0 unspecified atom stereocenters. The van der Waals surface area contributed by atoms with Gasteiger partial charge >= 0.3 is 0 Å². The molecule has 3 heterocycles. The van der Waals surface area contributed by atoms with Crippen LogP contribution in [0.1, 0.15) is 4.88 Å². The number of carbonyl (C=O) groups is 1. The van der Waals surface area contributed by atoms with Crippen molar-refractivity contribution in [1.82, 2.24) is 9.88 Å². The van der Waals surface area contributed by atoms with E-state index in [-0.39, 0.29) is 5.91 Å². The van der Waals surface area contributed by atoms with E-state index < -0.39 is 0 Å². The number of nitrogens with zero attached hydrogens (tertiary/aromatic N) is 3. The topological polar surface area (TPSA) is 57.7 Å². The van der Waals surface area contributed by atoms with Crippen LogP contribution in [0.2, 0.25) is 0 Å². The number of methoxy groups -OCH3 is 1. The largest absolute Gasteiger partial charge is 0.495 e. The summed E-state index contributed by atoms with van der Waals surface area (Å²) in [6.07, 6.45) is 2.12. The van der Waals surface area contributed by atoms with Gasteiger partial charge in [-0.15, -0.1) is 11.3 Å². The predicted molar refractivity (Wildman–Crippen MR) is 123 cm³/mol. The summed E-state index contributed by atoms with van der Waals surface area (Å²) in [6.45, 7) is 3.90. The van der Waals surface area contributed by atoms with E-state index in [0.29, 0.717) is 6.42 Å². The van der Waals surface area contributed by atoms with E-state index in [1.807, 2.05) is 48.5 Å². The summed E-state index contributed by atoms with van der Waals surface area (Å²) in [5.74, 6) is 0.801. The first kappa shape index (κ1) is 20.4. The average molecular weight is 423 g/mol. The van der Waals surface area contributed by atoms with Gasteiger partial charge in [-0.1, -0.05) is 6.07 Å². The second kappa shape index (κ2) is 9.28. The maximum atomic E-state index is 12.6. The fourth-order valence-corrected chi connectivity index (χ4v) is 4.53. The van der Waals surface area contributed by atoms with Crippen molar-refractivity contribution in [2.45, 2.75) is 6.42 Å². The average Bonchev–Trinajstić information content (AvgIpc) is 3.23. The van der Waals surface area contributed by atoms with E-state index in [1.54, 1.807) is 24.6 Å².